The molecule has 1 aromatic carbocycles. The van der Waals surface area contributed by atoms with Gasteiger partial charge in [-0.05, 0) is 44.9 Å². The Morgan fingerprint density at radius 2 is 2.00 bits per heavy atom. The standard InChI is InChI=1S/C14H20N2O3/c1-9-4-5-10(8-11(9)13(18)19)16-12(17)6-7-14(2,3)15/h4-5,8H,6-7,15H2,1-3H3,(H,16,17)(H,18,19). The van der Waals surface area contributed by atoms with Crippen molar-refractivity contribution in [2.24, 2.45) is 5.73 Å². The number of benzene rings is 1. The molecule has 0 radical (unpaired) electrons. The zero-order chi connectivity index (χ0) is 14.6. The third-order valence-corrected chi connectivity index (χ3v) is 2.75. The van der Waals surface area contributed by atoms with Gasteiger partial charge in [0.1, 0.15) is 0 Å². The van der Waals surface area contributed by atoms with Gasteiger partial charge in [-0.1, -0.05) is 6.07 Å². The zero-order valence-electron chi connectivity index (χ0n) is 11.5. The van der Waals surface area contributed by atoms with Gasteiger partial charge in [0, 0.05) is 17.6 Å². The Balaban J connectivity index is 2.70. The molecular weight excluding hydrogens is 244 g/mol. The molecule has 0 unspecified atom stereocenters. The number of carboxylic acid groups (broad SMARTS) is 1. The van der Waals surface area contributed by atoms with E-state index >= 15 is 0 Å². The summed E-state index contributed by atoms with van der Waals surface area (Å²) in [5.74, 6) is -1.17. The summed E-state index contributed by atoms with van der Waals surface area (Å²) in [6, 6.07) is 4.82. The van der Waals surface area contributed by atoms with E-state index in [1.165, 1.54) is 6.07 Å². The first kappa shape index (κ1) is 15.2. The second kappa shape index (κ2) is 5.84. The normalized spacial score (nSPS) is 11.2. The molecule has 0 saturated carbocycles. The molecule has 0 bridgehead atoms. The Hall–Kier alpha value is -1.88. The average molecular weight is 264 g/mol. The predicted molar refractivity (Wildman–Crippen MR) is 74.3 cm³/mol. The van der Waals surface area contributed by atoms with Crippen molar-refractivity contribution < 1.29 is 14.7 Å². The second-order valence-electron chi connectivity index (χ2n) is 5.37. The van der Waals surface area contributed by atoms with E-state index in [4.69, 9.17) is 10.8 Å². The molecule has 1 rings (SSSR count). The summed E-state index contributed by atoms with van der Waals surface area (Å²) in [5, 5.41) is 11.7. The van der Waals surface area contributed by atoms with Crippen LogP contribution >= 0.6 is 0 Å². The minimum atomic E-state index is -1.00. The summed E-state index contributed by atoms with van der Waals surface area (Å²) in [5.41, 5.74) is 6.75. The van der Waals surface area contributed by atoms with E-state index < -0.39 is 11.5 Å². The molecule has 104 valence electrons. The number of rotatable bonds is 5. The van der Waals surface area contributed by atoms with Crippen LogP contribution in [-0.2, 0) is 4.79 Å². The fourth-order valence-electron chi connectivity index (χ4n) is 1.59. The largest absolute Gasteiger partial charge is 0.478 e. The molecule has 19 heavy (non-hydrogen) atoms. The molecule has 4 N–H and O–H groups in total. The number of nitrogens with two attached hydrogens (primary N) is 1. The smallest absolute Gasteiger partial charge is 0.336 e. The molecule has 0 aliphatic carbocycles. The highest BCUT2D eigenvalue weighted by Gasteiger charge is 2.14. The van der Waals surface area contributed by atoms with E-state index in [0.29, 0.717) is 24.1 Å². The van der Waals surface area contributed by atoms with Crippen LogP contribution in [-0.4, -0.2) is 22.5 Å². The van der Waals surface area contributed by atoms with E-state index in [0.717, 1.165) is 0 Å². The highest BCUT2D eigenvalue weighted by atomic mass is 16.4. The average Bonchev–Trinajstić information content (AvgIpc) is 2.28. The van der Waals surface area contributed by atoms with Crippen LogP contribution < -0.4 is 11.1 Å². The van der Waals surface area contributed by atoms with Gasteiger partial charge in [-0.2, -0.15) is 0 Å². The number of aryl methyl sites for hydroxylation is 1. The summed E-state index contributed by atoms with van der Waals surface area (Å²) in [6.45, 7) is 5.43. The number of hydrogen-bond donors (Lipinski definition) is 3. The van der Waals surface area contributed by atoms with Crippen LogP contribution in [0.3, 0.4) is 0 Å². The van der Waals surface area contributed by atoms with E-state index in [1.807, 2.05) is 13.8 Å². The van der Waals surface area contributed by atoms with Crippen molar-refractivity contribution in [1.82, 2.24) is 0 Å². The maximum Gasteiger partial charge on any atom is 0.336 e. The molecule has 0 saturated heterocycles. The van der Waals surface area contributed by atoms with E-state index in [2.05, 4.69) is 5.32 Å². The van der Waals surface area contributed by atoms with Gasteiger partial charge < -0.3 is 16.2 Å². The minimum absolute atomic E-state index is 0.168. The van der Waals surface area contributed by atoms with Gasteiger partial charge in [0.05, 0.1) is 5.56 Å². The van der Waals surface area contributed by atoms with E-state index in [1.54, 1.807) is 19.1 Å². The second-order valence-corrected chi connectivity index (χ2v) is 5.37. The first-order chi connectivity index (χ1) is 8.69. The van der Waals surface area contributed by atoms with E-state index in [9.17, 15) is 9.59 Å². The van der Waals surface area contributed by atoms with Crippen molar-refractivity contribution in [2.45, 2.75) is 39.2 Å². The number of carbonyl (C=O) groups excluding carboxylic acids is 1. The lowest BCUT2D eigenvalue weighted by Crippen LogP contribution is -2.33. The van der Waals surface area contributed by atoms with Gasteiger partial charge in [0.25, 0.3) is 0 Å². The number of anilines is 1. The van der Waals surface area contributed by atoms with Gasteiger partial charge in [0.15, 0.2) is 0 Å². The molecule has 1 aromatic rings. The van der Waals surface area contributed by atoms with Crippen molar-refractivity contribution in [1.29, 1.82) is 0 Å². The number of carboxylic acids is 1. The van der Waals surface area contributed by atoms with Crippen LogP contribution in [0.4, 0.5) is 5.69 Å². The Labute approximate surface area is 112 Å². The molecule has 0 heterocycles. The lowest BCUT2D eigenvalue weighted by molar-refractivity contribution is -0.116. The highest BCUT2D eigenvalue weighted by Crippen LogP contribution is 2.16. The van der Waals surface area contributed by atoms with Crippen LogP contribution in [0, 0.1) is 6.92 Å². The molecule has 0 spiro atoms. The van der Waals surface area contributed by atoms with Gasteiger partial charge in [-0.15, -0.1) is 0 Å². The molecule has 0 aliphatic heterocycles. The number of nitrogens with one attached hydrogen (secondary N) is 1. The molecule has 5 nitrogen and oxygen atoms in total. The Bertz CT molecular complexity index is 490. The topological polar surface area (TPSA) is 92.4 Å². The first-order valence-corrected chi connectivity index (χ1v) is 6.12. The van der Waals surface area contributed by atoms with Crippen LogP contribution in [0.5, 0.6) is 0 Å². The summed E-state index contributed by atoms with van der Waals surface area (Å²) < 4.78 is 0. The lowest BCUT2D eigenvalue weighted by Gasteiger charge is -2.17. The van der Waals surface area contributed by atoms with Gasteiger partial charge in [-0.3, -0.25) is 4.79 Å². The van der Waals surface area contributed by atoms with Crippen LogP contribution in [0.1, 0.15) is 42.6 Å². The number of amides is 1. The Morgan fingerprint density at radius 1 is 1.37 bits per heavy atom. The first-order valence-electron chi connectivity index (χ1n) is 6.12. The fourth-order valence-corrected chi connectivity index (χ4v) is 1.59. The van der Waals surface area contributed by atoms with Crippen molar-refractivity contribution in [3.8, 4) is 0 Å². The number of carbonyl (C=O) groups is 2. The van der Waals surface area contributed by atoms with Crippen LogP contribution in [0.15, 0.2) is 18.2 Å². The summed E-state index contributed by atoms with van der Waals surface area (Å²) in [7, 11) is 0. The Morgan fingerprint density at radius 3 is 2.53 bits per heavy atom. The molecular formula is C14H20N2O3. The highest BCUT2D eigenvalue weighted by molar-refractivity contribution is 5.94. The molecule has 0 aliphatic rings. The fraction of sp³-hybridized carbons (Fsp3) is 0.429. The molecule has 5 heteroatoms. The lowest BCUT2D eigenvalue weighted by atomic mass is 10.00. The SMILES string of the molecule is Cc1ccc(NC(=O)CCC(C)(C)N)cc1C(=O)O. The quantitative estimate of drug-likeness (QED) is 0.759. The number of aromatic carboxylic acids is 1. The summed E-state index contributed by atoms with van der Waals surface area (Å²) in [4.78, 5) is 22.7. The van der Waals surface area contributed by atoms with Crippen LogP contribution in [0.2, 0.25) is 0 Å². The summed E-state index contributed by atoms with van der Waals surface area (Å²) in [6.07, 6.45) is 0.871. The molecule has 0 fully saturated rings. The maximum absolute atomic E-state index is 11.7. The maximum atomic E-state index is 11.7. The monoisotopic (exact) mass is 264 g/mol. The zero-order valence-corrected chi connectivity index (χ0v) is 11.5. The molecule has 0 atom stereocenters. The van der Waals surface area contributed by atoms with E-state index in [-0.39, 0.29) is 11.5 Å². The van der Waals surface area contributed by atoms with Gasteiger partial charge in [0.2, 0.25) is 5.91 Å². The molecule has 1 amide bonds. The van der Waals surface area contributed by atoms with Gasteiger partial charge in [-0.25, -0.2) is 4.79 Å². The third kappa shape index (κ3) is 5.09. The van der Waals surface area contributed by atoms with Crippen molar-refractivity contribution in [2.75, 3.05) is 5.32 Å². The minimum Gasteiger partial charge on any atom is -0.478 e. The number of hydrogen-bond acceptors (Lipinski definition) is 3. The van der Waals surface area contributed by atoms with Crippen molar-refractivity contribution in [3.63, 3.8) is 0 Å². The van der Waals surface area contributed by atoms with Crippen molar-refractivity contribution >= 4 is 17.6 Å². The van der Waals surface area contributed by atoms with Gasteiger partial charge >= 0.3 is 5.97 Å². The third-order valence-electron chi connectivity index (χ3n) is 2.75. The van der Waals surface area contributed by atoms with Crippen LogP contribution in [0.25, 0.3) is 0 Å². The predicted octanol–water partition coefficient (Wildman–Crippen LogP) is 2.15. The van der Waals surface area contributed by atoms with Crippen molar-refractivity contribution in [3.05, 3.63) is 29.3 Å². The Kier molecular flexibility index (Phi) is 4.67. The summed E-state index contributed by atoms with van der Waals surface area (Å²) >= 11 is 0. The molecule has 0 aromatic heterocycles.